The van der Waals surface area contributed by atoms with Crippen molar-refractivity contribution in [1.29, 1.82) is 0 Å². The maximum Gasteiger partial charge on any atom is 0.239 e. The largest absolute Gasteiger partial charge is 1.00 e. The number of anilines is 1. The molecule has 0 atom stereocenters. The van der Waals surface area contributed by atoms with Crippen LogP contribution in [0.3, 0.4) is 0 Å². The highest BCUT2D eigenvalue weighted by Crippen LogP contribution is 2.24. The van der Waals surface area contributed by atoms with E-state index in [1.165, 1.54) is 5.69 Å². The molecular formula is C22H21Br2N3. The molecule has 0 aliphatic rings. The van der Waals surface area contributed by atoms with Gasteiger partial charge in [0.1, 0.15) is 11.0 Å². The molecule has 0 aliphatic heterocycles. The van der Waals surface area contributed by atoms with Crippen LogP contribution in [-0.2, 0) is 0 Å². The quantitative estimate of drug-likeness (QED) is 0.326. The van der Waals surface area contributed by atoms with E-state index >= 15 is 0 Å². The van der Waals surface area contributed by atoms with Gasteiger partial charge in [-0.1, -0.05) is 34.1 Å². The standard InChI is InChI=1S/C22H21BrN3.BrH/c1-3-25(4-2)18-11-13-20-22(15-18)26(17-8-6-5-7-9-17)21-14-16(23)10-12-19(21)24-20;/h5-15H,3-4H2,1-2H3;1H/q+1;/p-1. The van der Waals surface area contributed by atoms with Gasteiger partial charge in [-0.2, -0.15) is 0 Å². The SMILES string of the molecule is CCN(CC)c1ccc2nc3ccc(Br)cc3[n+](-c3ccccc3)c2c1.[Br-]. The second-order valence-electron chi connectivity index (χ2n) is 6.26. The number of para-hydroxylation sites is 1. The highest BCUT2D eigenvalue weighted by Gasteiger charge is 2.20. The highest BCUT2D eigenvalue weighted by atomic mass is 79.9. The van der Waals surface area contributed by atoms with Gasteiger partial charge in [0.25, 0.3) is 0 Å². The smallest absolute Gasteiger partial charge is 0.239 e. The Morgan fingerprint density at radius 3 is 2.15 bits per heavy atom. The lowest BCUT2D eigenvalue weighted by Gasteiger charge is -2.20. The normalized spacial score (nSPS) is 10.8. The summed E-state index contributed by atoms with van der Waals surface area (Å²) < 4.78 is 3.35. The van der Waals surface area contributed by atoms with Crippen LogP contribution >= 0.6 is 15.9 Å². The molecular weight excluding hydrogens is 466 g/mol. The van der Waals surface area contributed by atoms with Crippen LogP contribution in [0.1, 0.15) is 13.8 Å². The number of aromatic nitrogens is 2. The summed E-state index contributed by atoms with van der Waals surface area (Å²) in [5.74, 6) is 0. The number of nitrogens with zero attached hydrogens (tertiary/aromatic N) is 3. The first-order valence-corrected chi connectivity index (χ1v) is 9.76. The van der Waals surface area contributed by atoms with Crippen LogP contribution in [-0.4, -0.2) is 18.1 Å². The molecule has 0 amide bonds. The Morgan fingerprint density at radius 1 is 0.852 bits per heavy atom. The van der Waals surface area contributed by atoms with Gasteiger partial charge in [0.2, 0.25) is 16.7 Å². The fourth-order valence-electron chi connectivity index (χ4n) is 3.46. The van der Waals surface area contributed by atoms with Crippen LogP contribution in [0.5, 0.6) is 0 Å². The lowest BCUT2D eigenvalue weighted by molar-refractivity contribution is -0.538. The minimum atomic E-state index is 0. The van der Waals surface area contributed by atoms with Crippen molar-refractivity contribution in [3.63, 3.8) is 0 Å². The molecule has 0 bridgehead atoms. The molecule has 4 rings (SSSR count). The Balaban J connectivity index is 0.00000210. The molecule has 0 N–H and O–H groups in total. The molecule has 27 heavy (non-hydrogen) atoms. The Bertz CT molecular complexity index is 1080. The molecule has 138 valence electrons. The van der Waals surface area contributed by atoms with Gasteiger partial charge in [-0.15, -0.1) is 4.57 Å². The maximum absolute atomic E-state index is 4.90. The van der Waals surface area contributed by atoms with Crippen LogP contribution in [0.15, 0.2) is 71.2 Å². The number of halogens is 2. The fourth-order valence-corrected chi connectivity index (χ4v) is 3.80. The number of benzene rings is 3. The molecule has 5 heteroatoms. The molecule has 0 saturated heterocycles. The van der Waals surface area contributed by atoms with Crippen molar-refractivity contribution in [2.24, 2.45) is 0 Å². The highest BCUT2D eigenvalue weighted by molar-refractivity contribution is 9.10. The Hall–Kier alpha value is -1.98. The zero-order valence-electron chi connectivity index (χ0n) is 15.4. The summed E-state index contributed by atoms with van der Waals surface area (Å²) in [6.07, 6.45) is 0. The third-order valence-electron chi connectivity index (χ3n) is 4.76. The number of rotatable bonds is 4. The molecule has 0 saturated carbocycles. The van der Waals surface area contributed by atoms with Crippen LogP contribution < -0.4 is 26.4 Å². The summed E-state index contributed by atoms with van der Waals surface area (Å²) in [6.45, 7) is 6.35. The zero-order chi connectivity index (χ0) is 18.1. The number of fused-ring (bicyclic) bond motifs is 2. The van der Waals surface area contributed by atoms with Gasteiger partial charge in [-0.3, -0.25) is 0 Å². The van der Waals surface area contributed by atoms with E-state index in [4.69, 9.17) is 4.98 Å². The Labute approximate surface area is 178 Å². The van der Waals surface area contributed by atoms with E-state index in [0.29, 0.717) is 0 Å². The van der Waals surface area contributed by atoms with Crippen molar-refractivity contribution in [2.75, 3.05) is 18.0 Å². The maximum atomic E-state index is 4.90. The average Bonchev–Trinajstić information content (AvgIpc) is 2.68. The summed E-state index contributed by atoms with van der Waals surface area (Å²) in [7, 11) is 0. The van der Waals surface area contributed by atoms with Crippen molar-refractivity contribution in [1.82, 2.24) is 4.98 Å². The van der Waals surface area contributed by atoms with E-state index in [1.54, 1.807) is 0 Å². The second-order valence-corrected chi connectivity index (χ2v) is 7.18. The van der Waals surface area contributed by atoms with E-state index in [1.807, 2.05) is 12.1 Å². The van der Waals surface area contributed by atoms with Gasteiger partial charge < -0.3 is 21.9 Å². The summed E-state index contributed by atoms with van der Waals surface area (Å²) in [5, 5.41) is 0. The van der Waals surface area contributed by atoms with Crippen molar-refractivity contribution in [3.05, 3.63) is 71.2 Å². The van der Waals surface area contributed by atoms with Gasteiger partial charge >= 0.3 is 0 Å². The molecule has 0 fully saturated rings. The predicted octanol–water partition coefficient (Wildman–Crippen LogP) is 2.28. The molecule has 3 nitrogen and oxygen atoms in total. The van der Waals surface area contributed by atoms with E-state index in [2.05, 4.69) is 93.8 Å². The summed E-state index contributed by atoms with van der Waals surface area (Å²) >= 11 is 3.61. The minimum absolute atomic E-state index is 0. The molecule has 0 aliphatic carbocycles. The van der Waals surface area contributed by atoms with Gasteiger partial charge in [0, 0.05) is 47.5 Å². The lowest BCUT2D eigenvalue weighted by atomic mass is 10.2. The second kappa shape index (κ2) is 8.36. The molecule has 1 heterocycles. The lowest BCUT2D eigenvalue weighted by Crippen LogP contribution is -3.00. The van der Waals surface area contributed by atoms with Crippen LogP contribution in [0.2, 0.25) is 0 Å². The van der Waals surface area contributed by atoms with E-state index in [-0.39, 0.29) is 17.0 Å². The number of hydrogen-bond donors (Lipinski definition) is 0. The third-order valence-corrected chi connectivity index (χ3v) is 5.26. The third kappa shape index (κ3) is 3.71. The molecule has 0 unspecified atom stereocenters. The van der Waals surface area contributed by atoms with Crippen LogP contribution in [0, 0.1) is 0 Å². The monoisotopic (exact) mass is 485 g/mol. The van der Waals surface area contributed by atoms with Gasteiger partial charge in [0.15, 0.2) is 0 Å². The van der Waals surface area contributed by atoms with Crippen LogP contribution in [0.4, 0.5) is 5.69 Å². The first-order chi connectivity index (χ1) is 12.7. The minimum Gasteiger partial charge on any atom is -1.00 e. The molecule has 4 aromatic rings. The summed E-state index contributed by atoms with van der Waals surface area (Å²) in [4.78, 5) is 7.26. The predicted molar refractivity (Wildman–Crippen MR) is 112 cm³/mol. The van der Waals surface area contributed by atoms with E-state index in [9.17, 15) is 0 Å². The fraction of sp³-hybridized carbons (Fsp3) is 0.182. The van der Waals surface area contributed by atoms with Gasteiger partial charge in [0.05, 0.1) is 0 Å². The van der Waals surface area contributed by atoms with Gasteiger partial charge in [-0.05, 0) is 38.1 Å². The summed E-state index contributed by atoms with van der Waals surface area (Å²) in [5.41, 5.74) is 6.56. The first kappa shape index (κ1) is 19.8. The first-order valence-electron chi connectivity index (χ1n) is 8.96. The van der Waals surface area contributed by atoms with E-state index < -0.39 is 0 Å². The Kier molecular flexibility index (Phi) is 6.12. The summed E-state index contributed by atoms with van der Waals surface area (Å²) in [6, 6.07) is 23.3. The zero-order valence-corrected chi connectivity index (χ0v) is 18.5. The van der Waals surface area contributed by atoms with Crippen molar-refractivity contribution in [3.8, 4) is 5.69 Å². The van der Waals surface area contributed by atoms with Crippen molar-refractivity contribution in [2.45, 2.75) is 13.8 Å². The topological polar surface area (TPSA) is 20.0 Å². The average molecular weight is 487 g/mol. The Morgan fingerprint density at radius 2 is 1.48 bits per heavy atom. The van der Waals surface area contributed by atoms with Crippen LogP contribution in [0.25, 0.3) is 27.8 Å². The van der Waals surface area contributed by atoms with Gasteiger partial charge in [-0.25, -0.2) is 4.98 Å². The molecule has 0 radical (unpaired) electrons. The van der Waals surface area contributed by atoms with Crippen molar-refractivity contribution >= 4 is 43.7 Å². The van der Waals surface area contributed by atoms with Crippen molar-refractivity contribution < 1.29 is 21.5 Å². The number of hydrogen-bond acceptors (Lipinski definition) is 2. The molecule has 3 aromatic carbocycles. The van der Waals surface area contributed by atoms with E-state index in [0.717, 1.165) is 45.3 Å². The molecule has 1 aromatic heterocycles. The molecule has 0 spiro atoms.